The molecular weight excluding hydrogens is 144 g/mol. The fourth-order valence-corrected chi connectivity index (χ4v) is 1.05. The van der Waals surface area contributed by atoms with Gasteiger partial charge in [-0.25, -0.2) is 0 Å². The number of carbonyl (C=O) groups is 2. The van der Waals surface area contributed by atoms with E-state index >= 15 is 0 Å². The Morgan fingerprint density at radius 1 is 1.73 bits per heavy atom. The molecule has 0 amide bonds. The number of esters is 1. The van der Waals surface area contributed by atoms with Crippen molar-refractivity contribution in [2.45, 2.75) is 19.8 Å². The van der Waals surface area contributed by atoms with Crippen LogP contribution < -0.4 is 0 Å². The van der Waals surface area contributed by atoms with Gasteiger partial charge in [0.1, 0.15) is 12.2 Å². The molecule has 0 spiro atoms. The molecule has 1 aliphatic rings. The molecular formula is C8H12O3. The van der Waals surface area contributed by atoms with Crippen LogP contribution in [0.2, 0.25) is 0 Å². The highest BCUT2D eigenvalue weighted by Crippen LogP contribution is 2.36. The van der Waals surface area contributed by atoms with Gasteiger partial charge in [0.15, 0.2) is 0 Å². The van der Waals surface area contributed by atoms with E-state index < -0.39 is 5.92 Å². The monoisotopic (exact) mass is 156 g/mol. The van der Waals surface area contributed by atoms with E-state index in [-0.39, 0.29) is 11.9 Å². The Kier molecular flexibility index (Phi) is 2.63. The molecule has 0 N–H and O–H groups in total. The predicted molar refractivity (Wildman–Crippen MR) is 38.9 cm³/mol. The zero-order chi connectivity index (χ0) is 8.27. The first-order chi connectivity index (χ1) is 5.29. The van der Waals surface area contributed by atoms with Crippen LogP contribution in [0.15, 0.2) is 0 Å². The van der Waals surface area contributed by atoms with Crippen LogP contribution in [0.3, 0.4) is 0 Å². The van der Waals surface area contributed by atoms with E-state index in [1.165, 1.54) is 0 Å². The van der Waals surface area contributed by atoms with Crippen LogP contribution in [-0.4, -0.2) is 18.9 Å². The molecule has 0 aromatic carbocycles. The van der Waals surface area contributed by atoms with Crippen LogP contribution in [0.1, 0.15) is 19.8 Å². The Labute approximate surface area is 65.7 Å². The number of rotatable bonds is 4. The molecule has 0 radical (unpaired) electrons. The van der Waals surface area contributed by atoms with E-state index in [0.717, 1.165) is 12.8 Å². The molecule has 3 nitrogen and oxygen atoms in total. The van der Waals surface area contributed by atoms with Gasteiger partial charge >= 0.3 is 5.97 Å². The molecule has 1 aliphatic carbocycles. The minimum Gasteiger partial charge on any atom is -0.465 e. The lowest BCUT2D eigenvalue weighted by atomic mass is 10.1. The molecule has 1 fully saturated rings. The largest absolute Gasteiger partial charge is 0.465 e. The molecule has 0 heterocycles. The summed E-state index contributed by atoms with van der Waals surface area (Å²) < 4.78 is 4.73. The zero-order valence-corrected chi connectivity index (χ0v) is 6.58. The van der Waals surface area contributed by atoms with Crippen LogP contribution >= 0.6 is 0 Å². The quantitative estimate of drug-likeness (QED) is 0.343. The highest BCUT2D eigenvalue weighted by Gasteiger charge is 2.36. The maximum Gasteiger partial charge on any atom is 0.316 e. The van der Waals surface area contributed by atoms with Crippen molar-refractivity contribution in [3.63, 3.8) is 0 Å². The molecule has 1 saturated carbocycles. The topological polar surface area (TPSA) is 43.4 Å². The average Bonchev–Trinajstić information content (AvgIpc) is 2.73. The summed E-state index contributed by atoms with van der Waals surface area (Å²) in [6, 6.07) is 0. The molecule has 0 saturated heterocycles. The van der Waals surface area contributed by atoms with Gasteiger partial charge in [-0.1, -0.05) is 0 Å². The summed E-state index contributed by atoms with van der Waals surface area (Å²) >= 11 is 0. The van der Waals surface area contributed by atoms with Gasteiger partial charge in [-0.3, -0.25) is 4.79 Å². The third-order valence-corrected chi connectivity index (χ3v) is 1.84. The van der Waals surface area contributed by atoms with Crippen molar-refractivity contribution in [3.05, 3.63) is 0 Å². The Bertz CT molecular complexity index is 161. The summed E-state index contributed by atoms with van der Waals surface area (Å²) in [4.78, 5) is 21.4. The Hall–Kier alpha value is -0.860. The Morgan fingerprint density at radius 3 is 2.73 bits per heavy atom. The fourth-order valence-electron chi connectivity index (χ4n) is 1.05. The zero-order valence-electron chi connectivity index (χ0n) is 6.58. The second kappa shape index (κ2) is 3.51. The number of hydrogen-bond donors (Lipinski definition) is 0. The molecule has 11 heavy (non-hydrogen) atoms. The lowest BCUT2D eigenvalue weighted by Gasteiger charge is -2.06. The molecule has 1 atom stereocenters. The molecule has 62 valence electrons. The lowest BCUT2D eigenvalue weighted by Crippen LogP contribution is -2.20. The van der Waals surface area contributed by atoms with Gasteiger partial charge in [0, 0.05) is 0 Å². The van der Waals surface area contributed by atoms with E-state index in [4.69, 9.17) is 4.74 Å². The van der Waals surface area contributed by atoms with E-state index in [9.17, 15) is 9.59 Å². The second-order valence-corrected chi connectivity index (χ2v) is 2.75. The summed E-state index contributed by atoms with van der Waals surface area (Å²) in [5.74, 6) is -0.577. The summed E-state index contributed by atoms with van der Waals surface area (Å²) in [6.07, 6.45) is 2.68. The maximum absolute atomic E-state index is 11.0. The van der Waals surface area contributed by atoms with E-state index in [1.54, 1.807) is 6.92 Å². The summed E-state index contributed by atoms with van der Waals surface area (Å²) in [7, 11) is 0. The molecule has 0 aliphatic heterocycles. The number of carbonyl (C=O) groups excluding carboxylic acids is 2. The van der Waals surface area contributed by atoms with Gasteiger partial charge in [-0.2, -0.15) is 0 Å². The molecule has 3 heteroatoms. The lowest BCUT2D eigenvalue weighted by molar-refractivity contribution is -0.150. The first kappa shape index (κ1) is 8.24. The average molecular weight is 156 g/mol. The predicted octanol–water partition coefficient (Wildman–Crippen LogP) is 0.775. The van der Waals surface area contributed by atoms with Crippen LogP contribution in [0.5, 0.6) is 0 Å². The normalized spacial score (nSPS) is 19.0. The van der Waals surface area contributed by atoms with Crippen LogP contribution in [0.4, 0.5) is 0 Å². The third-order valence-electron chi connectivity index (χ3n) is 1.84. The van der Waals surface area contributed by atoms with Crippen LogP contribution in [0, 0.1) is 11.8 Å². The maximum atomic E-state index is 11.0. The van der Waals surface area contributed by atoms with Gasteiger partial charge in [0.05, 0.1) is 6.61 Å². The SMILES string of the molecule is CCOC(=O)C(C=O)C1CC1. The Morgan fingerprint density at radius 2 is 2.36 bits per heavy atom. The smallest absolute Gasteiger partial charge is 0.316 e. The van der Waals surface area contributed by atoms with Crippen molar-refractivity contribution in [1.29, 1.82) is 0 Å². The van der Waals surface area contributed by atoms with Crippen LogP contribution in [0.25, 0.3) is 0 Å². The fraction of sp³-hybridized carbons (Fsp3) is 0.750. The molecule has 0 aromatic rings. The number of hydrogen-bond acceptors (Lipinski definition) is 3. The molecule has 1 unspecified atom stereocenters. The number of aldehydes is 1. The summed E-state index contributed by atoms with van der Waals surface area (Å²) in [5.41, 5.74) is 0. The first-order valence-corrected chi connectivity index (χ1v) is 3.91. The highest BCUT2D eigenvalue weighted by atomic mass is 16.5. The highest BCUT2D eigenvalue weighted by molar-refractivity contribution is 5.88. The number of ether oxygens (including phenoxy) is 1. The third kappa shape index (κ3) is 2.03. The molecule has 0 bridgehead atoms. The van der Waals surface area contributed by atoms with Crippen molar-refractivity contribution >= 4 is 12.3 Å². The van der Waals surface area contributed by atoms with Gasteiger partial charge in [0.2, 0.25) is 0 Å². The van der Waals surface area contributed by atoms with Gasteiger partial charge < -0.3 is 9.53 Å². The second-order valence-electron chi connectivity index (χ2n) is 2.75. The van der Waals surface area contributed by atoms with Crippen molar-refractivity contribution in [2.75, 3.05) is 6.61 Å². The van der Waals surface area contributed by atoms with Gasteiger partial charge in [-0.05, 0) is 25.7 Å². The van der Waals surface area contributed by atoms with Crippen molar-refractivity contribution in [1.82, 2.24) is 0 Å². The minimum atomic E-state index is -0.491. The summed E-state index contributed by atoms with van der Waals surface area (Å²) in [6.45, 7) is 2.10. The minimum absolute atomic E-state index is 0.270. The van der Waals surface area contributed by atoms with Gasteiger partial charge in [-0.15, -0.1) is 0 Å². The van der Waals surface area contributed by atoms with Crippen molar-refractivity contribution in [3.8, 4) is 0 Å². The van der Waals surface area contributed by atoms with Crippen molar-refractivity contribution in [2.24, 2.45) is 11.8 Å². The standard InChI is InChI=1S/C8H12O3/c1-2-11-8(10)7(5-9)6-3-4-6/h5-7H,2-4H2,1H3. The molecule has 1 rings (SSSR count). The van der Waals surface area contributed by atoms with Crippen LogP contribution in [-0.2, 0) is 14.3 Å². The van der Waals surface area contributed by atoms with E-state index in [1.807, 2.05) is 0 Å². The summed E-state index contributed by atoms with van der Waals surface area (Å²) in [5, 5.41) is 0. The van der Waals surface area contributed by atoms with Gasteiger partial charge in [0.25, 0.3) is 0 Å². The first-order valence-electron chi connectivity index (χ1n) is 3.91. The molecule has 0 aromatic heterocycles. The Balaban J connectivity index is 2.39. The van der Waals surface area contributed by atoms with E-state index in [0.29, 0.717) is 12.9 Å². The van der Waals surface area contributed by atoms with Crippen molar-refractivity contribution < 1.29 is 14.3 Å². The van der Waals surface area contributed by atoms with E-state index in [2.05, 4.69) is 0 Å².